The molecule has 0 N–H and O–H groups in total. The monoisotopic (exact) mass is 472 g/mol. The van der Waals surface area contributed by atoms with Crippen LogP contribution in [0.2, 0.25) is 0 Å². The van der Waals surface area contributed by atoms with E-state index in [0.717, 1.165) is 18.3 Å². The van der Waals surface area contributed by atoms with Crippen LogP contribution in [0.4, 0.5) is 0 Å². The van der Waals surface area contributed by atoms with Crippen LogP contribution in [-0.2, 0) is 14.2 Å². The van der Waals surface area contributed by atoms with E-state index in [-0.39, 0.29) is 5.60 Å². The second-order valence-corrected chi connectivity index (χ2v) is 15.0. The Hall–Kier alpha value is -0.120. The average molecular weight is 473 g/mol. The first-order valence-electron chi connectivity index (χ1n) is 14.7. The predicted octanol–water partition coefficient (Wildman–Crippen LogP) is 7.41. The van der Waals surface area contributed by atoms with Gasteiger partial charge in [-0.3, -0.25) is 0 Å². The Bertz CT molecular complexity index is 839. The van der Waals surface area contributed by atoms with Gasteiger partial charge in [-0.15, -0.1) is 0 Å². The molecule has 5 aliphatic carbocycles. The highest BCUT2D eigenvalue weighted by molar-refractivity contribution is 5.32. The van der Waals surface area contributed by atoms with Crippen molar-refractivity contribution in [3.05, 3.63) is 0 Å². The summed E-state index contributed by atoms with van der Waals surface area (Å²) in [4.78, 5) is 0. The minimum atomic E-state index is -0.0324. The number of fused-ring (bicyclic) bond motifs is 2. The lowest BCUT2D eigenvalue weighted by atomic mass is 9.41. The lowest BCUT2D eigenvalue weighted by molar-refractivity contribution is -0.186. The van der Waals surface area contributed by atoms with Crippen molar-refractivity contribution in [2.24, 2.45) is 44.8 Å². The number of hydrogen-bond acceptors (Lipinski definition) is 3. The number of hydrogen-bond donors (Lipinski definition) is 0. The molecule has 11 atom stereocenters. The Morgan fingerprint density at radius 1 is 0.765 bits per heavy atom. The lowest BCUT2D eigenvalue weighted by Gasteiger charge is -2.63. The first kappa shape index (κ1) is 24.2. The molecular weight excluding hydrogens is 420 g/mol. The molecule has 6 fully saturated rings. The van der Waals surface area contributed by atoms with Crippen LogP contribution < -0.4 is 0 Å². The first-order chi connectivity index (χ1) is 16.0. The maximum atomic E-state index is 6.89. The molecule has 0 aromatic rings. The Balaban J connectivity index is 1.36. The van der Waals surface area contributed by atoms with Gasteiger partial charge in [-0.1, -0.05) is 34.6 Å². The maximum Gasteiger partial charge on any atom is 0.0717 e. The largest absolute Gasteiger partial charge is 0.381 e. The zero-order chi connectivity index (χ0) is 24.4. The van der Waals surface area contributed by atoms with Gasteiger partial charge in [0.05, 0.1) is 23.9 Å². The van der Waals surface area contributed by atoms with Gasteiger partial charge in [-0.2, -0.15) is 0 Å². The van der Waals surface area contributed by atoms with E-state index in [0.29, 0.717) is 51.3 Å². The Morgan fingerprint density at radius 2 is 1.47 bits per heavy atom. The van der Waals surface area contributed by atoms with Crippen LogP contribution in [-0.4, -0.2) is 38.1 Å². The molecule has 3 nitrogen and oxygen atoms in total. The van der Waals surface area contributed by atoms with E-state index >= 15 is 0 Å². The van der Waals surface area contributed by atoms with Gasteiger partial charge in [-0.05, 0) is 116 Å². The normalized spacial score (nSPS) is 59.6. The third-order valence-electron chi connectivity index (χ3n) is 14.1. The van der Waals surface area contributed by atoms with Crippen molar-refractivity contribution < 1.29 is 14.2 Å². The summed E-state index contributed by atoms with van der Waals surface area (Å²) in [6.45, 7) is 15.2. The molecular formula is C31H52O3. The molecule has 0 bridgehead atoms. The summed E-state index contributed by atoms with van der Waals surface area (Å²) in [6.07, 6.45) is 15.8. The van der Waals surface area contributed by atoms with Gasteiger partial charge in [0.2, 0.25) is 0 Å². The minimum Gasteiger partial charge on any atom is -0.381 e. The molecule has 6 rings (SSSR count). The van der Waals surface area contributed by atoms with E-state index in [2.05, 4.69) is 41.5 Å². The second-order valence-electron chi connectivity index (χ2n) is 15.0. The quantitative estimate of drug-likeness (QED) is 0.426. The Kier molecular flexibility index (Phi) is 5.17. The molecule has 6 aliphatic rings. The van der Waals surface area contributed by atoms with Gasteiger partial charge >= 0.3 is 0 Å². The fraction of sp³-hybridized carbons (Fsp3) is 1.00. The van der Waals surface area contributed by atoms with E-state index in [1.54, 1.807) is 0 Å². The van der Waals surface area contributed by atoms with E-state index in [1.165, 1.54) is 64.2 Å². The van der Waals surface area contributed by atoms with Crippen LogP contribution in [0, 0.1) is 44.8 Å². The van der Waals surface area contributed by atoms with Crippen molar-refractivity contribution in [3.8, 4) is 0 Å². The molecule has 0 radical (unpaired) electrons. The fourth-order valence-electron chi connectivity index (χ4n) is 12.5. The smallest absolute Gasteiger partial charge is 0.0717 e. The summed E-state index contributed by atoms with van der Waals surface area (Å²) in [7, 11) is 3.93. The van der Waals surface area contributed by atoms with Crippen molar-refractivity contribution in [1.82, 2.24) is 0 Å². The summed E-state index contributed by atoms with van der Waals surface area (Å²) < 4.78 is 19.3. The molecule has 1 saturated heterocycles. The first-order valence-corrected chi connectivity index (χ1v) is 14.7. The highest BCUT2D eigenvalue weighted by Gasteiger charge is 2.83. The zero-order valence-corrected chi connectivity index (χ0v) is 23.5. The molecule has 1 aliphatic heterocycles. The summed E-state index contributed by atoms with van der Waals surface area (Å²) in [5.41, 5.74) is 2.09. The van der Waals surface area contributed by atoms with Gasteiger partial charge in [-0.25, -0.2) is 0 Å². The summed E-state index contributed by atoms with van der Waals surface area (Å²) in [5.74, 6) is 2.19. The van der Waals surface area contributed by atoms with Crippen LogP contribution in [0.5, 0.6) is 0 Å². The van der Waals surface area contributed by atoms with Crippen LogP contribution in [0.3, 0.4) is 0 Å². The van der Waals surface area contributed by atoms with Crippen molar-refractivity contribution >= 4 is 0 Å². The number of rotatable bonds is 4. The third-order valence-corrected chi connectivity index (χ3v) is 14.1. The summed E-state index contributed by atoms with van der Waals surface area (Å²) in [6, 6.07) is 0. The fourth-order valence-corrected chi connectivity index (χ4v) is 12.5. The number of methoxy groups -OCH3 is 2. The van der Waals surface area contributed by atoms with Crippen LogP contribution >= 0.6 is 0 Å². The molecule has 8 unspecified atom stereocenters. The van der Waals surface area contributed by atoms with Gasteiger partial charge in [0.25, 0.3) is 0 Å². The van der Waals surface area contributed by atoms with Crippen molar-refractivity contribution in [2.45, 2.75) is 136 Å². The molecule has 1 heterocycles. The molecule has 194 valence electrons. The molecule has 0 aromatic heterocycles. The predicted molar refractivity (Wildman–Crippen MR) is 137 cm³/mol. The van der Waals surface area contributed by atoms with Crippen LogP contribution in [0.15, 0.2) is 0 Å². The van der Waals surface area contributed by atoms with Crippen molar-refractivity contribution in [3.63, 3.8) is 0 Å². The van der Waals surface area contributed by atoms with Crippen LogP contribution in [0.25, 0.3) is 0 Å². The molecule has 0 amide bonds. The Morgan fingerprint density at radius 3 is 2.12 bits per heavy atom. The minimum absolute atomic E-state index is 0.0324. The zero-order valence-electron chi connectivity index (χ0n) is 23.5. The van der Waals surface area contributed by atoms with E-state index in [4.69, 9.17) is 14.2 Å². The van der Waals surface area contributed by atoms with Gasteiger partial charge < -0.3 is 14.2 Å². The molecule has 0 aromatic carbocycles. The van der Waals surface area contributed by atoms with Gasteiger partial charge in [0.15, 0.2) is 0 Å². The molecule has 2 spiro atoms. The SMILES string of the molecule is CCC1CCC(C)(C2[C@@H](OC)C[C@@]3(C)[C@@H]4CCC5C(C)(C)C(OC)CCC56CC46CCC23C)O1. The van der Waals surface area contributed by atoms with Gasteiger partial charge in [0.1, 0.15) is 0 Å². The van der Waals surface area contributed by atoms with E-state index in [1.807, 2.05) is 14.2 Å². The van der Waals surface area contributed by atoms with E-state index in [9.17, 15) is 0 Å². The summed E-state index contributed by atoms with van der Waals surface area (Å²) >= 11 is 0. The number of ether oxygens (including phenoxy) is 3. The molecule has 34 heavy (non-hydrogen) atoms. The van der Waals surface area contributed by atoms with Crippen molar-refractivity contribution in [1.29, 1.82) is 0 Å². The Labute approximate surface area is 209 Å². The van der Waals surface area contributed by atoms with E-state index < -0.39 is 0 Å². The summed E-state index contributed by atoms with van der Waals surface area (Å²) in [5, 5.41) is 0. The average Bonchev–Trinajstić information content (AvgIpc) is 3.18. The standard InChI is InChI=1S/C31H52O3/c1-9-20-12-14-29(6,34-20)25-21(32-7)18-28(5)23-11-10-22-26(2,3)24(33-8)13-15-30(22)19-31(23,30)17-16-27(25,28)4/h20-25H,9-19H2,1-8H3/t20?,21-,22?,23-,24?,25?,27?,28-,29?,30?,31?/m0/s1. The second kappa shape index (κ2) is 7.25. The lowest BCUT2D eigenvalue weighted by Crippen LogP contribution is -2.59. The van der Waals surface area contributed by atoms with Gasteiger partial charge in [0, 0.05) is 20.1 Å². The highest BCUT2D eigenvalue weighted by Crippen LogP contribution is 2.89. The topological polar surface area (TPSA) is 27.7 Å². The highest BCUT2D eigenvalue weighted by atomic mass is 16.5. The molecule has 3 heteroatoms. The van der Waals surface area contributed by atoms with Crippen molar-refractivity contribution in [2.75, 3.05) is 14.2 Å². The molecule has 5 saturated carbocycles. The van der Waals surface area contributed by atoms with Crippen LogP contribution in [0.1, 0.15) is 112 Å². The maximum absolute atomic E-state index is 6.89. The third kappa shape index (κ3) is 2.61.